The molecular formula is C12H21NO. The van der Waals surface area contributed by atoms with Crippen LogP contribution >= 0.6 is 0 Å². The Morgan fingerprint density at radius 2 is 1.93 bits per heavy atom. The molecule has 0 spiro atoms. The summed E-state index contributed by atoms with van der Waals surface area (Å²) in [7, 11) is 4.05. The van der Waals surface area contributed by atoms with Crippen molar-refractivity contribution in [2.24, 2.45) is 0 Å². The van der Waals surface area contributed by atoms with Crippen LogP contribution in [0.4, 0.5) is 0 Å². The topological polar surface area (TPSA) is 12.5 Å². The van der Waals surface area contributed by atoms with Crippen molar-refractivity contribution in [1.29, 1.82) is 0 Å². The quantitative estimate of drug-likeness (QED) is 0.457. The van der Waals surface area contributed by atoms with Crippen LogP contribution in [0.5, 0.6) is 0 Å². The van der Waals surface area contributed by atoms with Crippen LogP contribution in [0.2, 0.25) is 0 Å². The second kappa shape index (κ2) is 7.39. The Kier molecular flexibility index (Phi) is 6.85. The predicted molar refractivity (Wildman–Crippen MR) is 62.2 cm³/mol. The highest BCUT2D eigenvalue weighted by atomic mass is 16.5. The lowest BCUT2D eigenvalue weighted by Crippen LogP contribution is -2.17. The minimum Gasteiger partial charge on any atom is -0.492 e. The van der Waals surface area contributed by atoms with Gasteiger partial charge in [-0.1, -0.05) is 26.2 Å². The molecule has 0 unspecified atom stereocenters. The molecule has 0 heterocycles. The highest BCUT2D eigenvalue weighted by Gasteiger charge is 1.99. The van der Waals surface area contributed by atoms with Gasteiger partial charge in [0, 0.05) is 6.54 Å². The zero-order valence-electron chi connectivity index (χ0n) is 9.55. The van der Waals surface area contributed by atoms with Gasteiger partial charge in [-0.15, -0.1) is 0 Å². The largest absolute Gasteiger partial charge is 0.492 e. The van der Waals surface area contributed by atoms with Gasteiger partial charge in [0.15, 0.2) is 0 Å². The van der Waals surface area contributed by atoms with Crippen molar-refractivity contribution in [2.45, 2.75) is 13.3 Å². The van der Waals surface area contributed by atoms with Crippen LogP contribution in [0.1, 0.15) is 13.3 Å². The fourth-order valence-corrected chi connectivity index (χ4v) is 1.04. The molecule has 0 amide bonds. The summed E-state index contributed by atoms with van der Waals surface area (Å²) in [5.74, 6) is 0.851. The second-order valence-electron chi connectivity index (χ2n) is 3.30. The molecule has 2 nitrogen and oxygen atoms in total. The van der Waals surface area contributed by atoms with Crippen LogP contribution in [0.3, 0.4) is 0 Å². The molecule has 2 heteroatoms. The molecule has 0 saturated carbocycles. The van der Waals surface area contributed by atoms with E-state index in [1.807, 2.05) is 20.2 Å². The average Bonchev–Trinajstić information content (AvgIpc) is 2.16. The Morgan fingerprint density at radius 1 is 1.29 bits per heavy atom. The first-order valence-corrected chi connectivity index (χ1v) is 4.91. The first kappa shape index (κ1) is 13.0. The number of likely N-dealkylation sites (N-methyl/N-ethyl adjacent to an activating group) is 1. The van der Waals surface area contributed by atoms with E-state index in [9.17, 15) is 0 Å². The lowest BCUT2D eigenvalue weighted by atomic mass is 10.1. The van der Waals surface area contributed by atoms with E-state index in [-0.39, 0.29) is 0 Å². The van der Waals surface area contributed by atoms with Gasteiger partial charge in [-0.05, 0) is 32.2 Å². The molecule has 14 heavy (non-hydrogen) atoms. The number of allylic oxidation sites excluding steroid dienone is 3. The zero-order chi connectivity index (χ0) is 11.0. The van der Waals surface area contributed by atoms with Crippen LogP contribution < -0.4 is 0 Å². The summed E-state index contributed by atoms with van der Waals surface area (Å²) >= 11 is 0. The lowest BCUT2D eigenvalue weighted by molar-refractivity contribution is 0.190. The fraction of sp³-hybridized carbons (Fsp3) is 0.500. The fourth-order valence-electron chi connectivity index (χ4n) is 1.04. The van der Waals surface area contributed by atoms with E-state index in [1.165, 1.54) is 0 Å². The number of hydrogen-bond donors (Lipinski definition) is 0. The maximum Gasteiger partial charge on any atom is 0.121 e. The minimum absolute atomic E-state index is 0.686. The van der Waals surface area contributed by atoms with Crippen LogP contribution in [0.15, 0.2) is 36.6 Å². The van der Waals surface area contributed by atoms with Crippen molar-refractivity contribution >= 4 is 0 Å². The van der Waals surface area contributed by atoms with Crippen molar-refractivity contribution < 1.29 is 4.74 Å². The predicted octanol–water partition coefficient (Wildman–Crippen LogP) is 2.60. The summed E-state index contributed by atoms with van der Waals surface area (Å²) < 4.78 is 5.59. The van der Waals surface area contributed by atoms with E-state index in [0.717, 1.165) is 24.3 Å². The van der Waals surface area contributed by atoms with Crippen molar-refractivity contribution in [3.8, 4) is 0 Å². The van der Waals surface area contributed by atoms with Crippen molar-refractivity contribution in [3.05, 3.63) is 36.6 Å². The monoisotopic (exact) mass is 195 g/mol. The maximum absolute atomic E-state index is 5.59. The van der Waals surface area contributed by atoms with Crippen LogP contribution in [-0.2, 0) is 4.74 Å². The molecule has 0 fully saturated rings. The van der Waals surface area contributed by atoms with Crippen LogP contribution in [0, 0.1) is 0 Å². The third-order valence-corrected chi connectivity index (χ3v) is 1.93. The maximum atomic E-state index is 5.59. The normalized spacial score (nSPS) is 12.3. The molecule has 80 valence electrons. The summed E-state index contributed by atoms with van der Waals surface area (Å²) in [6.07, 6.45) is 4.50. The molecule has 0 aliphatic heterocycles. The summed E-state index contributed by atoms with van der Waals surface area (Å²) in [6.45, 7) is 11.2. The van der Waals surface area contributed by atoms with E-state index in [4.69, 9.17) is 4.74 Å². The third kappa shape index (κ3) is 4.87. The molecule has 0 aromatic rings. The van der Waals surface area contributed by atoms with Gasteiger partial charge < -0.3 is 9.64 Å². The van der Waals surface area contributed by atoms with Gasteiger partial charge in [0.05, 0.1) is 0 Å². The molecule has 0 atom stereocenters. The summed E-state index contributed by atoms with van der Waals surface area (Å²) in [5, 5.41) is 0. The molecule has 0 saturated heterocycles. The zero-order valence-corrected chi connectivity index (χ0v) is 9.55. The van der Waals surface area contributed by atoms with E-state index < -0.39 is 0 Å². The summed E-state index contributed by atoms with van der Waals surface area (Å²) in [4.78, 5) is 2.08. The van der Waals surface area contributed by atoms with Crippen molar-refractivity contribution in [1.82, 2.24) is 4.90 Å². The SMILES string of the molecule is C=C/C(CC)=C(\C=C)OCCN(C)C. The Balaban J connectivity index is 4.20. The molecule has 0 radical (unpaired) electrons. The molecule has 0 aromatic heterocycles. The van der Waals surface area contributed by atoms with Gasteiger partial charge in [-0.3, -0.25) is 0 Å². The Bertz CT molecular complexity index is 216. The van der Waals surface area contributed by atoms with Gasteiger partial charge in [0.2, 0.25) is 0 Å². The van der Waals surface area contributed by atoms with Gasteiger partial charge in [0.1, 0.15) is 12.4 Å². The summed E-state index contributed by atoms with van der Waals surface area (Å²) in [6, 6.07) is 0. The number of rotatable bonds is 7. The number of ether oxygens (including phenoxy) is 1. The molecule has 0 N–H and O–H groups in total. The van der Waals surface area contributed by atoms with Crippen LogP contribution in [0.25, 0.3) is 0 Å². The highest BCUT2D eigenvalue weighted by Crippen LogP contribution is 2.12. The van der Waals surface area contributed by atoms with E-state index in [1.54, 1.807) is 6.08 Å². The van der Waals surface area contributed by atoms with Crippen molar-refractivity contribution in [2.75, 3.05) is 27.2 Å². The molecule has 0 aliphatic rings. The first-order valence-electron chi connectivity index (χ1n) is 4.91. The van der Waals surface area contributed by atoms with Crippen molar-refractivity contribution in [3.63, 3.8) is 0 Å². The van der Waals surface area contributed by atoms with Crippen LogP contribution in [-0.4, -0.2) is 32.1 Å². The lowest BCUT2D eigenvalue weighted by Gasteiger charge is -2.13. The smallest absolute Gasteiger partial charge is 0.121 e. The third-order valence-electron chi connectivity index (χ3n) is 1.93. The Morgan fingerprint density at radius 3 is 2.29 bits per heavy atom. The molecule has 0 bridgehead atoms. The minimum atomic E-state index is 0.686. The Hall–Kier alpha value is -1.02. The second-order valence-corrected chi connectivity index (χ2v) is 3.30. The molecule has 0 aromatic carbocycles. The average molecular weight is 195 g/mol. The van der Waals surface area contributed by atoms with Gasteiger partial charge >= 0.3 is 0 Å². The van der Waals surface area contributed by atoms with E-state index >= 15 is 0 Å². The van der Waals surface area contributed by atoms with Gasteiger partial charge in [0.25, 0.3) is 0 Å². The number of hydrogen-bond acceptors (Lipinski definition) is 2. The highest BCUT2D eigenvalue weighted by molar-refractivity contribution is 5.26. The Labute approximate surface area is 87.6 Å². The van der Waals surface area contributed by atoms with Gasteiger partial charge in [-0.25, -0.2) is 0 Å². The summed E-state index contributed by atoms with van der Waals surface area (Å²) in [5.41, 5.74) is 1.11. The van der Waals surface area contributed by atoms with Gasteiger partial charge in [-0.2, -0.15) is 0 Å². The molecular weight excluding hydrogens is 174 g/mol. The van der Waals surface area contributed by atoms with E-state index in [2.05, 4.69) is 25.0 Å². The number of nitrogens with zero attached hydrogens (tertiary/aromatic N) is 1. The molecule has 0 rings (SSSR count). The first-order chi connectivity index (χ1) is 6.65. The van der Waals surface area contributed by atoms with E-state index in [0.29, 0.717) is 6.61 Å². The standard InChI is InChI=1S/C12H21NO/c1-6-11(7-2)12(8-3)14-10-9-13(4)5/h6,8H,1,3,7,9-10H2,2,4-5H3/b12-11-. The molecule has 0 aliphatic carbocycles.